The molecule has 0 fully saturated rings. The summed E-state index contributed by atoms with van der Waals surface area (Å²) >= 11 is 8.11. The van der Waals surface area contributed by atoms with Crippen LogP contribution in [0.25, 0.3) is 31.8 Å². The number of methoxy groups -OCH3 is 2. The molecule has 0 aliphatic heterocycles. The lowest BCUT2D eigenvalue weighted by Crippen LogP contribution is -1.96. The summed E-state index contributed by atoms with van der Waals surface area (Å²) in [6, 6.07) is 6.10. The standard InChI is InChI=1S/C20H18ClN3O2S/c1-10-5-13(18-14(6-10)23-12(8-22-18)9-25-3)20-24-19-16(27-20)7-15(26-4)11(2)17(19)21/h5-8H,9H2,1-4H3. The Hall–Kier alpha value is -2.28. The van der Waals surface area contributed by atoms with Crippen LogP contribution in [0.4, 0.5) is 0 Å². The number of hydrogen-bond donors (Lipinski definition) is 0. The third kappa shape index (κ3) is 3.14. The molecule has 0 saturated heterocycles. The lowest BCUT2D eigenvalue weighted by atomic mass is 10.1. The second kappa shape index (κ2) is 7.03. The summed E-state index contributed by atoms with van der Waals surface area (Å²) in [6.07, 6.45) is 1.75. The largest absolute Gasteiger partial charge is 0.496 e. The summed E-state index contributed by atoms with van der Waals surface area (Å²) in [5.74, 6) is 0.765. The Morgan fingerprint density at radius 2 is 1.89 bits per heavy atom. The molecule has 27 heavy (non-hydrogen) atoms. The summed E-state index contributed by atoms with van der Waals surface area (Å²) in [6.45, 7) is 4.41. The first kappa shape index (κ1) is 18.1. The average Bonchev–Trinajstić information content (AvgIpc) is 3.08. The van der Waals surface area contributed by atoms with Crippen molar-refractivity contribution in [3.8, 4) is 16.3 Å². The van der Waals surface area contributed by atoms with Crippen LogP contribution in [0, 0.1) is 13.8 Å². The van der Waals surface area contributed by atoms with Crippen molar-refractivity contribution in [2.45, 2.75) is 20.5 Å². The smallest absolute Gasteiger partial charge is 0.126 e. The Balaban J connectivity index is 1.95. The molecule has 0 N–H and O–H groups in total. The van der Waals surface area contributed by atoms with Crippen molar-refractivity contribution in [1.82, 2.24) is 15.0 Å². The van der Waals surface area contributed by atoms with Gasteiger partial charge in [0.1, 0.15) is 16.3 Å². The second-order valence-corrected chi connectivity index (χ2v) is 7.77. The van der Waals surface area contributed by atoms with Gasteiger partial charge in [0.2, 0.25) is 0 Å². The number of halogens is 1. The van der Waals surface area contributed by atoms with Crippen molar-refractivity contribution in [3.05, 3.63) is 46.2 Å². The molecule has 0 unspecified atom stereocenters. The van der Waals surface area contributed by atoms with Gasteiger partial charge in [-0.05, 0) is 37.6 Å². The lowest BCUT2D eigenvalue weighted by molar-refractivity contribution is 0.181. The minimum Gasteiger partial charge on any atom is -0.496 e. The summed E-state index contributed by atoms with van der Waals surface area (Å²) < 4.78 is 11.6. The number of nitrogens with zero attached hydrogens (tertiary/aromatic N) is 3. The van der Waals surface area contributed by atoms with Crippen molar-refractivity contribution in [1.29, 1.82) is 0 Å². The van der Waals surface area contributed by atoms with Crippen molar-refractivity contribution >= 4 is 44.2 Å². The number of thiazole rings is 1. The predicted molar refractivity (Wildman–Crippen MR) is 110 cm³/mol. The summed E-state index contributed by atoms with van der Waals surface area (Å²) in [5.41, 5.74) is 6.18. The number of aromatic nitrogens is 3. The fourth-order valence-corrected chi connectivity index (χ4v) is 4.43. The molecule has 2 heterocycles. The molecule has 0 aliphatic carbocycles. The van der Waals surface area contributed by atoms with E-state index in [1.54, 1.807) is 31.8 Å². The first-order chi connectivity index (χ1) is 13.0. The van der Waals surface area contributed by atoms with Crippen LogP contribution in [-0.4, -0.2) is 29.2 Å². The molecule has 4 rings (SSSR count). The van der Waals surface area contributed by atoms with E-state index >= 15 is 0 Å². The zero-order valence-corrected chi connectivity index (χ0v) is 17.0. The highest BCUT2D eigenvalue weighted by atomic mass is 35.5. The normalized spacial score (nSPS) is 11.4. The van der Waals surface area contributed by atoms with E-state index in [1.807, 2.05) is 26.0 Å². The topological polar surface area (TPSA) is 57.1 Å². The second-order valence-electron chi connectivity index (χ2n) is 6.36. The van der Waals surface area contributed by atoms with Gasteiger partial charge in [0.25, 0.3) is 0 Å². The molecule has 2 aromatic heterocycles. The number of benzene rings is 2. The van der Waals surface area contributed by atoms with Crippen molar-refractivity contribution in [2.24, 2.45) is 0 Å². The van der Waals surface area contributed by atoms with Gasteiger partial charge >= 0.3 is 0 Å². The molecule has 2 aromatic carbocycles. The quantitative estimate of drug-likeness (QED) is 0.464. The minimum atomic E-state index is 0.433. The molecule has 0 aliphatic rings. The van der Waals surface area contributed by atoms with E-state index in [4.69, 9.17) is 26.1 Å². The van der Waals surface area contributed by atoms with E-state index in [0.29, 0.717) is 11.6 Å². The van der Waals surface area contributed by atoms with Crippen LogP contribution in [-0.2, 0) is 11.3 Å². The van der Waals surface area contributed by atoms with Crippen LogP contribution in [0.5, 0.6) is 5.75 Å². The number of rotatable bonds is 4. The van der Waals surface area contributed by atoms with E-state index in [9.17, 15) is 0 Å². The first-order valence-corrected chi connectivity index (χ1v) is 9.60. The van der Waals surface area contributed by atoms with Gasteiger partial charge in [-0.1, -0.05) is 11.6 Å². The van der Waals surface area contributed by atoms with Crippen LogP contribution < -0.4 is 4.74 Å². The fourth-order valence-electron chi connectivity index (χ4n) is 3.11. The van der Waals surface area contributed by atoms with E-state index in [2.05, 4.69) is 16.0 Å². The monoisotopic (exact) mass is 399 g/mol. The lowest BCUT2D eigenvalue weighted by Gasteiger charge is -2.06. The van der Waals surface area contributed by atoms with Crippen LogP contribution in [0.15, 0.2) is 24.4 Å². The Labute approximate surface area is 166 Å². The molecule has 4 aromatic rings. The Bertz CT molecular complexity index is 1170. The highest BCUT2D eigenvalue weighted by molar-refractivity contribution is 7.21. The van der Waals surface area contributed by atoms with Gasteiger partial charge in [0, 0.05) is 18.2 Å². The molecule has 5 nitrogen and oxygen atoms in total. The van der Waals surface area contributed by atoms with Gasteiger partial charge in [0.15, 0.2) is 0 Å². The first-order valence-electron chi connectivity index (χ1n) is 8.41. The third-order valence-corrected chi connectivity index (χ3v) is 5.90. The molecular formula is C20H18ClN3O2S. The van der Waals surface area contributed by atoms with E-state index in [1.165, 1.54) is 0 Å². The van der Waals surface area contributed by atoms with Crippen LogP contribution in [0.1, 0.15) is 16.8 Å². The molecule has 138 valence electrons. The van der Waals surface area contributed by atoms with Gasteiger partial charge in [-0.25, -0.2) is 9.97 Å². The highest BCUT2D eigenvalue weighted by Gasteiger charge is 2.17. The third-order valence-electron chi connectivity index (χ3n) is 4.41. The van der Waals surface area contributed by atoms with Crippen LogP contribution in [0.2, 0.25) is 5.02 Å². The maximum atomic E-state index is 6.54. The Kier molecular flexibility index (Phi) is 4.72. The van der Waals surface area contributed by atoms with Crippen LogP contribution >= 0.6 is 22.9 Å². The number of aryl methyl sites for hydroxylation is 1. The zero-order chi connectivity index (χ0) is 19.1. The van der Waals surface area contributed by atoms with Gasteiger partial charge in [0.05, 0.1) is 46.4 Å². The number of ether oxygens (including phenoxy) is 2. The zero-order valence-electron chi connectivity index (χ0n) is 15.5. The molecular weight excluding hydrogens is 382 g/mol. The van der Waals surface area contributed by atoms with Crippen molar-refractivity contribution in [3.63, 3.8) is 0 Å². The molecule has 0 spiro atoms. The fraction of sp³-hybridized carbons (Fsp3) is 0.250. The number of fused-ring (bicyclic) bond motifs is 2. The Morgan fingerprint density at radius 3 is 2.63 bits per heavy atom. The van der Waals surface area contributed by atoms with Gasteiger partial charge in [-0.3, -0.25) is 4.98 Å². The van der Waals surface area contributed by atoms with E-state index in [-0.39, 0.29) is 0 Å². The van der Waals surface area contributed by atoms with Gasteiger partial charge in [-0.15, -0.1) is 11.3 Å². The predicted octanol–water partition coefficient (Wildman–Crippen LogP) is 5.33. The van der Waals surface area contributed by atoms with E-state index in [0.717, 1.165) is 54.4 Å². The molecule has 0 atom stereocenters. The van der Waals surface area contributed by atoms with Crippen molar-refractivity contribution < 1.29 is 9.47 Å². The summed E-state index contributed by atoms with van der Waals surface area (Å²) in [5, 5.41) is 1.49. The summed E-state index contributed by atoms with van der Waals surface area (Å²) in [4.78, 5) is 14.1. The Morgan fingerprint density at radius 1 is 1.07 bits per heavy atom. The van der Waals surface area contributed by atoms with Crippen molar-refractivity contribution in [2.75, 3.05) is 14.2 Å². The van der Waals surface area contributed by atoms with E-state index < -0.39 is 0 Å². The molecule has 0 radical (unpaired) electrons. The summed E-state index contributed by atoms with van der Waals surface area (Å²) in [7, 11) is 3.29. The maximum Gasteiger partial charge on any atom is 0.126 e. The molecule has 7 heteroatoms. The minimum absolute atomic E-state index is 0.433. The molecule has 0 bridgehead atoms. The molecule has 0 amide bonds. The van der Waals surface area contributed by atoms with Crippen LogP contribution in [0.3, 0.4) is 0 Å². The SMILES string of the molecule is COCc1cnc2c(-c3nc4c(Cl)c(C)c(OC)cc4s3)cc(C)cc2n1. The maximum absolute atomic E-state index is 6.54. The van der Waals surface area contributed by atoms with Gasteiger partial charge in [-0.2, -0.15) is 0 Å². The number of hydrogen-bond acceptors (Lipinski definition) is 6. The van der Waals surface area contributed by atoms with Gasteiger partial charge < -0.3 is 9.47 Å². The molecule has 0 saturated carbocycles. The highest BCUT2D eigenvalue weighted by Crippen LogP contribution is 2.40. The average molecular weight is 400 g/mol.